The van der Waals surface area contributed by atoms with Crippen molar-refractivity contribution in [2.24, 2.45) is 17.8 Å². The fourth-order valence-electron chi connectivity index (χ4n) is 2.85. The summed E-state index contributed by atoms with van der Waals surface area (Å²) < 4.78 is 13.0. The highest BCUT2D eigenvalue weighted by molar-refractivity contribution is 5.96. The van der Waals surface area contributed by atoms with Crippen LogP contribution in [-0.2, 0) is 9.59 Å². The van der Waals surface area contributed by atoms with Crippen LogP contribution in [-0.4, -0.2) is 17.0 Å². The van der Waals surface area contributed by atoms with Crippen molar-refractivity contribution in [1.82, 2.24) is 0 Å². The molecule has 3 atom stereocenters. The van der Waals surface area contributed by atoms with Gasteiger partial charge < -0.3 is 10.4 Å². The van der Waals surface area contributed by atoms with E-state index < -0.39 is 17.8 Å². The van der Waals surface area contributed by atoms with Crippen LogP contribution in [0, 0.1) is 30.5 Å². The van der Waals surface area contributed by atoms with Gasteiger partial charge in [0.25, 0.3) is 0 Å². The van der Waals surface area contributed by atoms with Crippen molar-refractivity contribution in [2.75, 3.05) is 5.32 Å². The predicted molar refractivity (Wildman–Crippen MR) is 72.8 cm³/mol. The second-order valence-electron chi connectivity index (χ2n) is 5.58. The lowest BCUT2D eigenvalue weighted by atomic mass is 9.95. The minimum absolute atomic E-state index is 0.223. The molecular weight excluding hydrogens is 261 g/mol. The fraction of sp³-hybridized carbons (Fsp3) is 0.467. The number of aryl methyl sites for hydroxylation is 1. The van der Waals surface area contributed by atoms with Crippen LogP contribution < -0.4 is 5.32 Å². The maximum Gasteiger partial charge on any atom is 0.307 e. The van der Waals surface area contributed by atoms with Gasteiger partial charge >= 0.3 is 5.97 Å². The highest BCUT2D eigenvalue weighted by Crippen LogP contribution is 2.37. The minimum atomic E-state index is -0.926. The van der Waals surface area contributed by atoms with Crippen LogP contribution in [0.2, 0.25) is 0 Å². The number of carboxylic acids is 1. The number of carboxylic acid groups (broad SMARTS) is 1. The molecule has 4 nitrogen and oxygen atoms in total. The molecule has 2 N–H and O–H groups in total. The molecular formula is C15H18FNO3. The second-order valence-corrected chi connectivity index (χ2v) is 5.58. The molecule has 1 aliphatic carbocycles. The van der Waals surface area contributed by atoms with E-state index in [9.17, 15) is 19.1 Å². The van der Waals surface area contributed by atoms with Crippen LogP contribution in [0.4, 0.5) is 10.1 Å². The zero-order chi connectivity index (χ0) is 14.9. The molecule has 1 fully saturated rings. The Hall–Kier alpha value is -1.91. The summed E-state index contributed by atoms with van der Waals surface area (Å²) in [6, 6.07) is 4.10. The molecule has 0 bridgehead atoms. The van der Waals surface area contributed by atoms with Crippen molar-refractivity contribution in [1.29, 1.82) is 0 Å². The SMILES string of the molecule is Cc1cc(F)ccc1NC(=O)[C@H]1CC(C)C[C@H]1C(=O)O. The number of halogens is 1. The summed E-state index contributed by atoms with van der Waals surface area (Å²) in [5.41, 5.74) is 1.15. The summed E-state index contributed by atoms with van der Waals surface area (Å²) in [5.74, 6) is -2.51. The van der Waals surface area contributed by atoms with Crippen molar-refractivity contribution >= 4 is 17.6 Å². The number of nitrogens with one attached hydrogen (secondary N) is 1. The van der Waals surface area contributed by atoms with Crippen molar-refractivity contribution < 1.29 is 19.1 Å². The Kier molecular flexibility index (Phi) is 4.06. The fourth-order valence-corrected chi connectivity index (χ4v) is 2.85. The standard InChI is InChI=1S/C15H18FNO3/c1-8-5-11(12(6-8)15(19)20)14(18)17-13-4-3-10(16)7-9(13)2/h3-4,7-8,11-12H,5-6H2,1-2H3,(H,17,18)(H,19,20)/t8?,11-,12+/m0/s1. The summed E-state index contributed by atoms with van der Waals surface area (Å²) in [6.45, 7) is 3.65. The van der Waals surface area contributed by atoms with E-state index in [-0.39, 0.29) is 17.6 Å². The van der Waals surface area contributed by atoms with Crippen LogP contribution in [0.1, 0.15) is 25.3 Å². The van der Waals surface area contributed by atoms with Gasteiger partial charge in [0.15, 0.2) is 0 Å². The number of hydrogen-bond donors (Lipinski definition) is 2. The number of amides is 1. The van der Waals surface area contributed by atoms with Crippen molar-refractivity contribution in [3.05, 3.63) is 29.6 Å². The molecule has 0 spiro atoms. The molecule has 5 heteroatoms. The molecule has 0 saturated heterocycles. The molecule has 1 aliphatic rings. The number of carbonyl (C=O) groups excluding carboxylic acids is 1. The van der Waals surface area contributed by atoms with Gasteiger partial charge in [-0.15, -0.1) is 0 Å². The Balaban J connectivity index is 2.13. The Labute approximate surface area is 117 Å². The molecule has 1 unspecified atom stereocenters. The normalized spacial score (nSPS) is 25.4. The van der Waals surface area contributed by atoms with E-state index in [1.54, 1.807) is 6.92 Å². The number of carbonyl (C=O) groups is 2. The van der Waals surface area contributed by atoms with Crippen molar-refractivity contribution in [3.63, 3.8) is 0 Å². The van der Waals surface area contributed by atoms with Crippen molar-refractivity contribution in [3.8, 4) is 0 Å². The summed E-state index contributed by atoms with van der Waals surface area (Å²) in [4.78, 5) is 23.4. The minimum Gasteiger partial charge on any atom is -0.481 e. The topological polar surface area (TPSA) is 66.4 Å². The average molecular weight is 279 g/mol. The Morgan fingerprint density at radius 2 is 1.95 bits per heavy atom. The van der Waals surface area contributed by atoms with Gasteiger partial charge in [-0.25, -0.2) is 4.39 Å². The number of aliphatic carboxylic acids is 1. The van der Waals surface area contributed by atoms with E-state index in [0.29, 0.717) is 24.1 Å². The van der Waals surface area contributed by atoms with Gasteiger partial charge in [0.05, 0.1) is 11.8 Å². The Bertz CT molecular complexity index is 544. The summed E-state index contributed by atoms with van der Waals surface area (Å²) >= 11 is 0. The number of benzene rings is 1. The van der Waals surface area contributed by atoms with E-state index in [1.807, 2.05) is 6.92 Å². The van der Waals surface area contributed by atoms with Gasteiger partial charge in [-0.2, -0.15) is 0 Å². The molecule has 1 aromatic carbocycles. The zero-order valence-electron chi connectivity index (χ0n) is 11.5. The lowest BCUT2D eigenvalue weighted by Gasteiger charge is -2.16. The molecule has 0 heterocycles. The molecule has 108 valence electrons. The predicted octanol–water partition coefficient (Wildman–Crippen LogP) is 2.82. The highest BCUT2D eigenvalue weighted by atomic mass is 19.1. The molecule has 0 aromatic heterocycles. The molecule has 0 radical (unpaired) electrons. The molecule has 1 saturated carbocycles. The second kappa shape index (κ2) is 5.61. The smallest absolute Gasteiger partial charge is 0.307 e. The van der Waals surface area contributed by atoms with E-state index in [4.69, 9.17) is 0 Å². The summed E-state index contributed by atoms with van der Waals surface area (Å²) in [6.07, 6.45) is 1.10. The molecule has 1 amide bonds. The molecule has 20 heavy (non-hydrogen) atoms. The number of anilines is 1. The maximum absolute atomic E-state index is 13.0. The van der Waals surface area contributed by atoms with E-state index >= 15 is 0 Å². The Morgan fingerprint density at radius 3 is 2.55 bits per heavy atom. The van der Waals surface area contributed by atoms with Crippen LogP contribution in [0.25, 0.3) is 0 Å². The van der Waals surface area contributed by atoms with Gasteiger partial charge in [0, 0.05) is 5.69 Å². The maximum atomic E-state index is 13.0. The first-order valence-corrected chi connectivity index (χ1v) is 6.68. The van der Waals surface area contributed by atoms with Gasteiger partial charge in [-0.05, 0) is 49.4 Å². The first kappa shape index (κ1) is 14.5. The monoisotopic (exact) mass is 279 g/mol. The largest absolute Gasteiger partial charge is 0.481 e. The quantitative estimate of drug-likeness (QED) is 0.894. The van der Waals surface area contributed by atoms with Crippen LogP contribution >= 0.6 is 0 Å². The van der Waals surface area contributed by atoms with Gasteiger partial charge in [0.2, 0.25) is 5.91 Å². The third kappa shape index (κ3) is 2.98. The third-order valence-corrected chi connectivity index (χ3v) is 3.90. The van der Waals surface area contributed by atoms with Crippen LogP contribution in [0.5, 0.6) is 0 Å². The first-order valence-electron chi connectivity index (χ1n) is 6.68. The summed E-state index contributed by atoms with van der Waals surface area (Å²) in [7, 11) is 0. The first-order chi connectivity index (χ1) is 9.38. The lowest BCUT2D eigenvalue weighted by Crippen LogP contribution is -2.30. The lowest BCUT2D eigenvalue weighted by molar-refractivity contribution is -0.145. The van der Waals surface area contributed by atoms with E-state index in [0.717, 1.165) is 0 Å². The molecule has 0 aliphatic heterocycles. The van der Waals surface area contributed by atoms with E-state index in [2.05, 4.69) is 5.32 Å². The third-order valence-electron chi connectivity index (χ3n) is 3.90. The van der Waals surface area contributed by atoms with E-state index in [1.165, 1.54) is 18.2 Å². The van der Waals surface area contributed by atoms with Gasteiger partial charge in [0.1, 0.15) is 5.82 Å². The zero-order valence-corrected chi connectivity index (χ0v) is 11.5. The number of hydrogen-bond acceptors (Lipinski definition) is 2. The van der Waals surface area contributed by atoms with Crippen LogP contribution in [0.15, 0.2) is 18.2 Å². The average Bonchev–Trinajstić information content (AvgIpc) is 2.75. The molecule has 2 rings (SSSR count). The Morgan fingerprint density at radius 1 is 1.30 bits per heavy atom. The highest BCUT2D eigenvalue weighted by Gasteiger charge is 2.41. The van der Waals surface area contributed by atoms with Gasteiger partial charge in [-0.1, -0.05) is 6.92 Å². The molecule has 1 aromatic rings. The van der Waals surface area contributed by atoms with Gasteiger partial charge in [-0.3, -0.25) is 9.59 Å². The van der Waals surface area contributed by atoms with Crippen LogP contribution in [0.3, 0.4) is 0 Å². The van der Waals surface area contributed by atoms with Crippen molar-refractivity contribution in [2.45, 2.75) is 26.7 Å². The summed E-state index contributed by atoms with van der Waals surface area (Å²) in [5, 5.41) is 11.9. The number of rotatable bonds is 3.